The van der Waals surface area contributed by atoms with Gasteiger partial charge in [-0.3, -0.25) is 4.52 Å². The zero-order valence-electron chi connectivity index (χ0n) is 14.0. The first kappa shape index (κ1) is 17.9. The third kappa shape index (κ3) is 4.81. The Balaban J connectivity index is 1.73. The van der Waals surface area contributed by atoms with Crippen molar-refractivity contribution in [2.45, 2.75) is 6.61 Å². The van der Waals surface area contributed by atoms with E-state index >= 15 is 0 Å². The quantitative estimate of drug-likeness (QED) is 0.596. The van der Waals surface area contributed by atoms with Crippen LogP contribution in [0.15, 0.2) is 67.0 Å². The van der Waals surface area contributed by atoms with Crippen LogP contribution in [0.2, 0.25) is 0 Å². The van der Waals surface area contributed by atoms with E-state index in [0.29, 0.717) is 23.1 Å². The summed E-state index contributed by atoms with van der Waals surface area (Å²) in [6.07, 6.45) is 3.22. The van der Waals surface area contributed by atoms with Gasteiger partial charge in [0.05, 0.1) is 13.7 Å². The third-order valence-corrected chi connectivity index (χ3v) is 4.25. The molecular weight excluding hydrogens is 355 g/mol. The summed E-state index contributed by atoms with van der Waals surface area (Å²) in [5.74, 6) is 1.11. The number of ether oxygens (including phenoxy) is 1. The second kappa shape index (κ2) is 8.99. The Morgan fingerprint density at radius 3 is 2.08 bits per heavy atom. The monoisotopic (exact) mass is 372 g/mol. The van der Waals surface area contributed by atoms with Crippen molar-refractivity contribution in [2.75, 3.05) is 7.11 Å². The summed E-state index contributed by atoms with van der Waals surface area (Å²) in [4.78, 5) is 8.21. The molecule has 0 spiro atoms. The number of aromatic hydroxyl groups is 1. The molecule has 2 heterocycles. The summed E-state index contributed by atoms with van der Waals surface area (Å²) in [6.45, 7) is 0.0639. The number of nitrogens with zero attached hydrogens (tertiary/aromatic N) is 2. The van der Waals surface area contributed by atoms with E-state index in [2.05, 4.69) is 9.97 Å². The van der Waals surface area contributed by atoms with Gasteiger partial charge in [-0.2, -0.15) is 0 Å². The SMILES string of the molecule is COc1cccc(COP(Oc2ccccn2)Oc2ccccn2)c1O. The highest BCUT2D eigenvalue weighted by molar-refractivity contribution is 7.42. The van der Waals surface area contributed by atoms with Crippen LogP contribution in [0.1, 0.15) is 5.56 Å². The molecular formula is C18H17N2O5P. The average Bonchev–Trinajstić information content (AvgIpc) is 2.68. The lowest BCUT2D eigenvalue weighted by atomic mass is 10.2. The molecule has 0 atom stereocenters. The van der Waals surface area contributed by atoms with Crippen molar-refractivity contribution in [3.05, 3.63) is 72.6 Å². The van der Waals surface area contributed by atoms with Crippen LogP contribution in [0.5, 0.6) is 23.3 Å². The van der Waals surface area contributed by atoms with Crippen molar-refractivity contribution >= 4 is 8.60 Å². The Hall–Kier alpha value is -2.89. The van der Waals surface area contributed by atoms with Gasteiger partial charge in [0.2, 0.25) is 11.8 Å². The van der Waals surface area contributed by atoms with E-state index in [1.807, 2.05) is 0 Å². The molecule has 0 amide bonds. The van der Waals surface area contributed by atoms with Gasteiger partial charge in [-0.1, -0.05) is 24.3 Å². The summed E-state index contributed by atoms with van der Waals surface area (Å²) in [7, 11) is -0.353. The van der Waals surface area contributed by atoms with Gasteiger partial charge >= 0.3 is 8.60 Å². The van der Waals surface area contributed by atoms with Gasteiger partial charge < -0.3 is 18.9 Å². The van der Waals surface area contributed by atoms with Crippen molar-refractivity contribution in [1.29, 1.82) is 0 Å². The van der Waals surface area contributed by atoms with Crippen LogP contribution in [0.4, 0.5) is 0 Å². The van der Waals surface area contributed by atoms with Crippen LogP contribution in [0.25, 0.3) is 0 Å². The molecule has 0 saturated heterocycles. The number of phenols is 1. The molecule has 0 bridgehead atoms. The maximum Gasteiger partial charge on any atom is 0.466 e. The fraction of sp³-hybridized carbons (Fsp3) is 0.111. The first-order valence-corrected chi connectivity index (χ1v) is 8.81. The highest BCUT2D eigenvalue weighted by Gasteiger charge is 2.20. The van der Waals surface area contributed by atoms with Gasteiger partial charge in [-0.25, -0.2) is 9.97 Å². The molecule has 0 aliphatic carbocycles. The molecule has 0 fully saturated rings. The fourth-order valence-corrected chi connectivity index (χ4v) is 2.91. The minimum atomic E-state index is -1.84. The largest absolute Gasteiger partial charge is 0.504 e. The van der Waals surface area contributed by atoms with E-state index in [4.69, 9.17) is 18.3 Å². The van der Waals surface area contributed by atoms with E-state index < -0.39 is 8.60 Å². The van der Waals surface area contributed by atoms with E-state index in [9.17, 15) is 5.11 Å². The predicted molar refractivity (Wildman–Crippen MR) is 96.1 cm³/mol. The minimum Gasteiger partial charge on any atom is -0.504 e. The van der Waals surface area contributed by atoms with Crippen molar-refractivity contribution in [3.8, 4) is 23.3 Å². The van der Waals surface area contributed by atoms with Crippen molar-refractivity contribution in [3.63, 3.8) is 0 Å². The molecule has 0 radical (unpaired) electrons. The molecule has 0 unspecified atom stereocenters. The molecule has 3 rings (SSSR count). The lowest BCUT2D eigenvalue weighted by molar-refractivity contribution is 0.247. The molecule has 0 aliphatic heterocycles. The molecule has 2 aromatic heterocycles. The number of phenolic OH excluding ortho intramolecular Hbond substituents is 1. The number of benzene rings is 1. The van der Waals surface area contributed by atoms with Gasteiger partial charge in [-0.15, -0.1) is 0 Å². The number of hydrogen-bond donors (Lipinski definition) is 1. The first-order valence-electron chi connectivity index (χ1n) is 7.72. The van der Waals surface area contributed by atoms with Crippen LogP contribution in [-0.4, -0.2) is 22.2 Å². The smallest absolute Gasteiger partial charge is 0.466 e. The Morgan fingerprint density at radius 1 is 0.885 bits per heavy atom. The molecule has 8 heteroatoms. The van der Waals surface area contributed by atoms with Crippen molar-refractivity contribution in [2.24, 2.45) is 0 Å². The second-order valence-electron chi connectivity index (χ2n) is 4.98. The van der Waals surface area contributed by atoms with Gasteiger partial charge in [-0.05, 0) is 18.2 Å². The Morgan fingerprint density at radius 2 is 1.54 bits per heavy atom. The molecule has 3 aromatic rings. The van der Waals surface area contributed by atoms with Gasteiger partial charge in [0.25, 0.3) is 0 Å². The molecule has 1 aromatic carbocycles. The lowest BCUT2D eigenvalue weighted by Crippen LogP contribution is -2.02. The highest BCUT2D eigenvalue weighted by Crippen LogP contribution is 2.42. The number of para-hydroxylation sites is 1. The summed E-state index contributed by atoms with van der Waals surface area (Å²) >= 11 is 0. The normalized spacial score (nSPS) is 10.5. The topological polar surface area (TPSA) is 82.9 Å². The second-order valence-corrected chi connectivity index (χ2v) is 6.05. The standard InChI is InChI=1S/C18H17N2O5P/c1-22-15-8-6-7-14(18(15)21)13-23-26(24-16-9-2-4-11-19-16)25-17-10-3-5-12-20-17/h2-12,21H,13H2,1H3. The number of pyridine rings is 2. The minimum absolute atomic E-state index is 0.0145. The lowest BCUT2D eigenvalue weighted by Gasteiger charge is -2.17. The van der Waals surface area contributed by atoms with Crippen LogP contribution >= 0.6 is 8.60 Å². The summed E-state index contributed by atoms with van der Waals surface area (Å²) < 4.78 is 22.2. The van der Waals surface area contributed by atoms with Crippen LogP contribution < -0.4 is 13.8 Å². The Bertz CT molecular complexity index is 779. The summed E-state index contributed by atoms with van der Waals surface area (Å²) in [5.41, 5.74) is 0.547. The van der Waals surface area contributed by atoms with Gasteiger partial charge in [0.15, 0.2) is 11.5 Å². The van der Waals surface area contributed by atoms with Crippen molar-refractivity contribution in [1.82, 2.24) is 9.97 Å². The van der Waals surface area contributed by atoms with Crippen molar-refractivity contribution < 1.29 is 23.4 Å². The number of aromatic nitrogens is 2. The maximum atomic E-state index is 10.2. The zero-order chi connectivity index (χ0) is 18.2. The van der Waals surface area contributed by atoms with Gasteiger partial charge in [0, 0.05) is 30.1 Å². The Labute approximate surface area is 152 Å². The maximum absolute atomic E-state index is 10.2. The average molecular weight is 372 g/mol. The van der Waals surface area contributed by atoms with E-state index in [0.717, 1.165) is 0 Å². The molecule has 7 nitrogen and oxygen atoms in total. The summed E-state index contributed by atoms with van der Waals surface area (Å²) in [6, 6.07) is 15.7. The van der Waals surface area contributed by atoms with Crippen LogP contribution in [-0.2, 0) is 11.1 Å². The zero-order valence-corrected chi connectivity index (χ0v) is 14.9. The highest BCUT2D eigenvalue weighted by atomic mass is 31.2. The van der Waals surface area contributed by atoms with Gasteiger partial charge in [0.1, 0.15) is 0 Å². The van der Waals surface area contributed by atoms with Crippen LogP contribution in [0, 0.1) is 0 Å². The molecule has 0 saturated carbocycles. The number of rotatable bonds is 8. The van der Waals surface area contributed by atoms with Crippen LogP contribution in [0.3, 0.4) is 0 Å². The molecule has 26 heavy (non-hydrogen) atoms. The molecule has 1 N–H and O–H groups in total. The molecule has 0 aliphatic rings. The van der Waals surface area contributed by atoms with E-state index in [1.165, 1.54) is 7.11 Å². The third-order valence-electron chi connectivity index (χ3n) is 3.24. The molecule has 134 valence electrons. The predicted octanol–water partition coefficient (Wildman–Crippen LogP) is 4.09. The number of methoxy groups -OCH3 is 1. The van der Waals surface area contributed by atoms with E-state index in [1.54, 1.807) is 67.0 Å². The summed E-state index contributed by atoms with van der Waals surface area (Å²) in [5, 5.41) is 10.2. The fourth-order valence-electron chi connectivity index (χ4n) is 2.00. The number of hydrogen-bond acceptors (Lipinski definition) is 7. The Kier molecular flexibility index (Phi) is 6.19. The van der Waals surface area contributed by atoms with E-state index in [-0.39, 0.29) is 12.4 Å². The first-order chi connectivity index (χ1) is 12.8.